The minimum atomic E-state index is -0.768. The third kappa shape index (κ3) is 5.04. The van der Waals surface area contributed by atoms with Crippen LogP contribution in [0.2, 0.25) is 0 Å². The number of carbonyl (C=O) groups is 2. The molecule has 2 amide bonds. The van der Waals surface area contributed by atoms with Gasteiger partial charge in [-0.2, -0.15) is 5.26 Å². The lowest BCUT2D eigenvalue weighted by molar-refractivity contribution is 0.0483. The summed E-state index contributed by atoms with van der Waals surface area (Å²) in [6.45, 7) is 5.11. The van der Waals surface area contributed by atoms with Crippen LogP contribution in [0, 0.1) is 11.3 Å². The molecule has 0 bridgehead atoms. The highest BCUT2D eigenvalue weighted by atomic mass is 16.6. The van der Waals surface area contributed by atoms with E-state index in [1.54, 1.807) is 20.8 Å². The number of carbonyl (C=O) groups excluding carboxylic acids is 2. The fraction of sp³-hybridized carbons (Fsp3) is 0.333. The smallest absolute Gasteiger partial charge is 0.426 e. The summed E-state index contributed by atoms with van der Waals surface area (Å²) in [5.74, 6) is -0.565. The Labute approximate surface area is 110 Å². The normalized spacial score (nSPS) is 10.2. The number of aromatic nitrogens is 1. The molecule has 19 heavy (non-hydrogen) atoms. The van der Waals surface area contributed by atoms with E-state index < -0.39 is 17.6 Å². The van der Waals surface area contributed by atoms with Crippen molar-refractivity contribution in [1.29, 1.82) is 5.26 Å². The average Bonchev–Trinajstić information content (AvgIpc) is 2.34. The van der Waals surface area contributed by atoms with E-state index in [9.17, 15) is 9.59 Å². The Kier molecular flexibility index (Phi) is 4.42. The highest BCUT2D eigenvalue weighted by Gasteiger charge is 2.16. The lowest BCUT2D eigenvalue weighted by atomic mass is 10.2. The highest BCUT2D eigenvalue weighted by Crippen LogP contribution is 2.06. The van der Waals surface area contributed by atoms with Gasteiger partial charge in [-0.05, 0) is 32.9 Å². The Bertz CT molecular complexity index is 529. The maximum absolute atomic E-state index is 11.7. The van der Waals surface area contributed by atoms with Crippen LogP contribution in [0.3, 0.4) is 0 Å². The summed E-state index contributed by atoms with van der Waals surface area (Å²) in [7, 11) is 0. The fourth-order valence-corrected chi connectivity index (χ4v) is 1.12. The molecule has 1 rings (SSSR count). The van der Waals surface area contributed by atoms with Gasteiger partial charge in [0.2, 0.25) is 0 Å². The van der Waals surface area contributed by atoms with Gasteiger partial charge in [0.1, 0.15) is 17.4 Å². The number of ether oxygens (including phenoxy) is 1. The van der Waals surface area contributed by atoms with Gasteiger partial charge in [-0.25, -0.2) is 15.2 Å². The van der Waals surface area contributed by atoms with Gasteiger partial charge in [-0.15, -0.1) is 0 Å². The van der Waals surface area contributed by atoms with Crippen LogP contribution in [0.4, 0.5) is 4.79 Å². The molecular formula is C12H14N4O3. The van der Waals surface area contributed by atoms with E-state index in [2.05, 4.69) is 15.8 Å². The molecule has 0 aromatic carbocycles. The maximum atomic E-state index is 11.7. The first-order chi connectivity index (χ1) is 8.81. The number of nitrogens with zero attached hydrogens (tertiary/aromatic N) is 2. The van der Waals surface area contributed by atoms with E-state index >= 15 is 0 Å². The molecule has 7 heteroatoms. The van der Waals surface area contributed by atoms with Crippen molar-refractivity contribution in [2.45, 2.75) is 26.4 Å². The van der Waals surface area contributed by atoms with Gasteiger partial charge in [0.25, 0.3) is 5.91 Å². The minimum Gasteiger partial charge on any atom is -0.443 e. The number of rotatable bonds is 1. The summed E-state index contributed by atoms with van der Waals surface area (Å²) in [6, 6.07) is 4.55. The molecule has 100 valence electrons. The monoisotopic (exact) mass is 262 g/mol. The summed E-state index contributed by atoms with van der Waals surface area (Å²) < 4.78 is 4.94. The van der Waals surface area contributed by atoms with Crippen molar-refractivity contribution in [1.82, 2.24) is 15.8 Å². The Balaban J connectivity index is 2.56. The van der Waals surface area contributed by atoms with Crippen LogP contribution in [0.5, 0.6) is 0 Å². The second-order valence-electron chi connectivity index (χ2n) is 4.62. The second-order valence-corrected chi connectivity index (χ2v) is 4.62. The van der Waals surface area contributed by atoms with Gasteiger partial charge in [0, 0.05) is 11.8 Å². The number of pyridine rings is 1. The van der Waals surface area contributed by atoms with Crippen LogP contribution >= 0.6 is 0 Å². The van der Waals surface area contributed by atoms with Crippen molar-refractivity contribution in [2.75, 3.05) is 0 Å². The zero-order chi connectivity index (χ0) is 14.5. The summed E-state index contributed by atoms with van der Waals surface area (Å²) in [6.07, 6.45) is 0.566. The highest BCUT2D eigenvalue weighted by molar-refractivity contribution is 5.95. The standard InChI is InChI=1S/C12H14N4O3/c1-12(2,3)19-11(18)16-15-10(17)8-4-5-14-9(6-8)7-13/h4-6H,1-3H3,(H,15,17)(H,16,18). The van der Waals surface area contributed by atoms with Crippen LogP contribution in [-0.4, -0.2) is 22.6 Å². The molecule has 7 nitrogen and oxygen atoms in total. The molecular weight excluding hydrogens is 248 g/mol. The van der Waals surface area contributed by atoms with Crippen molar-refractivity contribution in [3.8, 4) is 6.07 Å². The van der Waals surface area contributed by atoms with E-state index in [-0.39, 0.29) is 11.3 Å². The first-order valence-corrected chi connectivity index (χ1v) is 5.47. The molecule has 1 heterocycles. The van der Waals surface area contributed by atoms with Crippen LogP contribution < -0.4 is 10.9 Å². The third-order valence-electron chi connectivity index (χ3n) is 1.81. The molecule has 0 atom stereocenters. The molecule has 1 aromatic rings. The molecule has 0 aliphatic heterocycles. The van der Waals surface area contributed by atoms with Crippen molar-refractivity contribution in [3.05, 3.63) is 29.6 Å². The molecule has 0 unspecified atom stereocenters. The van der Waals surface area contributed by atoms with Crippen molar-refractivity contribution in [3.63, 3.8) is 0 Å². The van der Waals surface area contributed by atoms with E-state index in [0.717, 1.165) is 0 Å². The van der Waals surface area contributed by atoms with Gasteiger partial charge in [0.05, 0.1) is 0 Å². The van der Waals surface area contributed by atoms with E-state index in [1.165, 1.54) is 18.3 Å². The van der Waals surface area contributed by atoms with Gasteiger partial charge < -0.3 is 4.74 Å². The molecule has 0 radical (unpaired) electrons. The zero-order valence-corrected chi connectivity index (χ0v) is 10.9. The molecule has 0 saturated carbocycles. The molecule has 0 spiro atoms. The largest absolute Gasteiger partial charge is 0.443 e. The summed E-state index contributed by atoms with van der Waals surface area (Å²) >= 11 is 0. The Morgan fingerprint density at radius 2 is 2.05 bits per heavy atom. The fourth-order valence-electron chi connectivity index (χ4n) is 1.12. The van der Waals surface area contributed by atoms with Crippen molar-refractivity contribution >= 4 is 12.0 Å². The summed E-state index contributed by atoms with van der Waals surface area (Å²) in [5.41, 5.74) is 3.96. The molecule has 2 N–H and O–H groups in total. The van der Waals surface area contributed by atoms with E-state index in [1.807, 2.05) is 6.07 Å². The third-order valence-corrected chi connectivity index (χ3v) is 1.81. The molecule has 1 aromatic heterocycles. The summed E-state index contributed by atoms with van der Waals surface area (Å²) in [5, 5.41) is 8.66. The lowest BCUT2D eigenvalue weighted by Crippen LogP contribution is -2.44. The first-order valence-electron chi connectivity index (χ1n) is 5.47. The minimum absolute atomic E-state index is 0.116. The number of amides is 2. The number of hydrogen-bond donors (Lipinski definition) is 2. The van der Waals surface area contributed by atoms with Gasteiger partial charge >= 0.3 is 6.09 Å². The SMILES string of the molecule is CC(C)(C)OC(=O)NNC(=O)c1ccnc(C#N)c1. The molecule has 0 fully saturated rings. The summed E-state index contributed by atoms with van der Waals surface area (Å²) in [4.78, 5) is 26.7. The van der Waals surface area contributed by atoms with Crippen LogP contribution in [0.25, 0.3) is 0 Å². The lowest BCUT2D eigenvalue weighted by Gasteiger charge is -2.19. The predicted molar refractivity (Wildman–Crippen MR) is 65.8 cm³/mol. The quantitative estimate of drug-likeness (QED) is 0.738. The molecule has 0 aliphatic rings. The topological polar surface area (TPSA) is 104 Å². The molecule has 0 aliphatic carbocycles. The van der Waals surface area contributed by atoms with Crippen molar-refractivity contribution in [2.24, 2.45) is 0 Å². The van der Waals surface area contributed by atoms with E-state index in [0.29, 0.717) is 0 Å². The maximum Gasteiger partial charge on any atom is 0.426 e. The zero-order valence-electron chi connectivity index (χ0n) is 10.9. The average molecular weight is 262 g/mol. The van der Waals surface area contributed by atoms with Crippen LogP contribution in [0.15, 0.2) is 18.3 Å². The van der Waals surface area contributed by atoms with Gasteiger partial charge in [-0.1, -0.05) is 0 Å². The second kappa shape index (κ2) is 5.82. The van der Waals surface area contributed by atoms with Gasteiger partial charge in [-0.3, -0.25) is 10.2 Å². The number of nitriles is 1. The Morgan fingerprint density at radius 1 is 1.37 bits per heavy atom. The number of hydrogen-bond acceptors (Lipinski definition) is 5. The van der Waals surface area contributed by atoms with E-state index in [4.69, 9.17) is 10.00 Å². The van der Waals surface area contributed by atoms with Crippen LogP contribution in [0.1, 0.15) is 36.8 Å². The van der Waals surface area contributed by atoms with Crippen LogP contribution in [-0.2, 0) is 4.74 Å². The van der Waals surface area contributed by atoms with Crippen molar-refractivity contribution < 1.29 is 14.3 Å². The first kappa shape index (κ1) is 14.4. The van der Waals surface area contributed by atoms with Gasteiger partial charge in [0.15, 0.2) is 0 Å². The number of nitrogens with one attached hydrogen (secondary N) is 2. The Morgan fingerprint density at radius 3 is 2.63 bits per heavy atom. The molecule has 0 saturated heterocycles. The predicted octanol–water partition coefficient (Wildman–Crippen LogP) is 1.12. The number of hydrazine groups is 1. The Hall–Kier alpha value is -2.62.